The molecule has 0 amide bonds. The van der Waals surface area contributed by atoms with Gasteiger partial charge in [0.2, 0.25) is 0 Å². The molecule has 158 valence electrons. The van der Waals surface area contributed by atoms with Crippen LogP contribution in [0.2, 0.25) is 0 Å². The van der Waals surface area contributed by atoms with Gasteiger partial charge in [0.15, 0.2) is 5.96 Å². The third-order valence-corrected chi connectivity index (χ3v) is 4.56. The molecule has 1 saturated heterocycles. The molecule has 11 heteroatoms. The van der Waals surface area contributed by atoms with Crippen molar-refractivity contribution in [2.75, 3.05) is 33.2 Å². The first kappa shape index (κ1) is 22.1. The van der Waals surface area contributed by atoms with Crippen molar-refractivity contribution in [2.45, 2.75) is 32.3 Å². The van der Waals surface area contributed by atoms with Crippen LogP contribution in [0, 0.1) is 5.82 Å². The summed E-state index contributed by atoms with van der Waals surface area (Å²) in [5.74, 6) is -0.669. The van der Waals surface area contributed by atoms with Gasteiger partial charge in [-0.15, -0.1) is 0 Å². The van der Waals surface area contributed by atoms with E-state index < -0.39 is 24.6 Å². The van der Waals surface area contributed by atoms with Gasteiger partial charge in [-0.1, -0.05) is 6.07 Å². The molecule has 1 N–H and O–H groups in total. The normalized spacial score (nSPS) is 17.8. The van der Waals surface area contributed by atoms with Gasteiger partial charge < -0.3 is 15.0 Å². The molecule has 0 saturated carbocycles. The largest absolute Gasteiger partial charge is 0.434 e. The summed E-state index contributed by atoms with van der Waals surface area (Å²) >= 11 is 0. The van der Waals surface area contributed by atoms with Crippen molar-refractivity contribution in [3.63, 3.8) is 0 Å². The van der Waals surface area contributed by atoms with Gasteiger partial charge in [0.25, 0.3) is 0 Å². The summed E-state index contributed by atoms with van der Waals surface area (Å²) < 4.78 is 81.8. The van der Waals surface area contributed by atoms with Gasteiger partial charge in [0.05, 0.1) is 0 Å². The molecule has 1 aliphatic rings. The molecule has 1 atom stereocenters. The van der Waals surface area contributed by atoms with E-state index in [0.717, 1.165) is 13.0 Å². The maximum absolute atomic E-state index is 14.0. The zero-order valence-corrected chi connectivity index (χ0v) is 15.4. The Morgan fingerprint density at radius 3 is 2.39 bits per heavy atom. The van der Waals surface area contributed by atoms with Crippen LogP contribution < -0.4 is 10.1 Å². The summed E-state index contributed by atoms with van der Waals surface area (Å²) in [5, 5.41) is 2.85. The second-order valence-electron chi connectivity index (χ2n) is 6.24. The predicted octanol–water partition coefficient (Wildman–Crippen LogP) is 3.07. The minimum atomic E-state index is -4.30. The summed E-state index contributed by atoms with van der Waals surface area (Å²) in [4.78, 5) is 7.10. The minimum absolute atomic E-state index is 0.0896. The summed E-state index contributed by atoms with van der Waals surface area (Å²) in [6, 6.07) is 2.06. The van der Waals surface area contributed by atoms with Crippen LogP contribution in [0.1, 0.15) is 12.5 Å². The Morgan fingerprint density at radius 2 is 1.86 bits per heavy atom. The number of nitrogens with one attached hydrogen (secondary N) is 1. The van der Waals surface area contributed by atoms with Gasteiger partial charge in [-0.25, -0.2) is 4.39 Å². The molecule has 1 aromatic carbocycles. The highest BCUT2D eigenvalue weighted by Crippen LogP contribution is 2.26. The zero-order valence-electron chi connectivity index (χ0n) is 15.4. The van der Waals surface area contributed by atoms with E-state index in [1.165, 1.54) is 24.1 Å². The maximum atomic E-state index is 14.0. The van der Waals surface area contributed by atoms with Crippen LogP contribution >= 0.6 is 0 Å². The van der Waals surface area contributed by atoms with Gasteiger partial charge in [-0.2, -0.15) is 22.0 Å². The van der Waals surface area contributed by atoms with Gasteiger partial charge in [-0.05, 0) is 19.1 Å². The molecule has 1 unspecified atom stereocenters. The number of alkyl halides is 5. The van der Waals surface area contributed by atoms with Gasteiger partial charge in [0.1, 0.15) is 17.6 Å². The first-order valence-electron chi connectivity index (χ1n) is 8.62. The SMILES string of the molecule is CN=C(NCc1c(F)cccc1OC(F)F)N1CCN(C(C)C(F)(F)F)CC1. The number of rotatable bonds is 5. The smallest absolute Gasteiger partial charge is 0.403 e. The molecule has 0 aromatic heterocycles. The van der Waals surface area contributed by atoms with Crippen molar-refractivity contribution in [3.8, 4) is 5.75 Å². The fourth-order valence-electron chi connectivity index (χ4n) is 2.94. The lowest BCUT2D eigenvalue weighted by Crippen LogP contribution is -2.56. The molecule has 28 heavy (non-hydrogen) atoms. The maximum Gasteiger partial charge on any atom is 0.403 e. The molecule has 2 rings (SSSR count). The summed E-state index contributed by atoms with van der Waals surface area (Å²) in [5.41, 5.74) is -0.0896. The number of guanidine groups is 1. The van der Waals surface area contributed by atoms with Gasteiger partial charge in [0, 0.05) is 45.3 Å². The van der Waals surface area contributed by atoms with Gasteiger partial charge in [-0.3, -0.25) is 9.89 Å². The summed E-state index contributed by atoms with van der Waals surface area (Å²) in [6.45, 7) is -1.20. The number of aliphatic imine (C=N–C) groups is 1. The van der Waals surface area contributed by atoms with Crippen LogP contribution in [0.25, 0.3) is 0 Å². The average molecular weight is 412 g/mol. The molecule has 1 fully saturated rings. The molecule has 0 bridgehead atoms. The molecule has 0 spiro atoms. The molecule has 0 aliphatic carbocycles. The standard InChI is InChI=1S/C17H22F6N4O/c1-11(17(21,22)23)26-6-8-27(9-7-26)16(24-2)25-10-12-13(18)4-3-5-14(12)28-15(19)20/h3-5,11,15H,6-10H2,1-2H3,(H,24,25). The molecule has 0 radical (unpaired) electrons. The average Bonchev–Trinajstić information content (AvgIpc) is 2.62. The highest BCUT2D eigenvalue weighted by molar-refractivity contribution is 5.80. The van der Waals surface area contributed by atoms with E-state index in [1.54, 1.807) is 4.90 Å². The third kappa shape index (κ3) is 5.66. The van der Waals surface area contributed by atoms with Crippen LogP contribution in [0.5, 0.6) is 5.75 Å². The Labute approximate surface area is 159 Å². The Hall–Kier alpha value is -2.17. The Bertz CT molecular complexity index is 674. The van der Waals surface area contributed by atoms with Crippen molar-refractivity contribution in [1.29, 1.82) is 0 Å². The van der Waals surface area contributed by atoms with E-state index in [9.17, 15) is 26.3 Å². The number of benzene rings is 1. The van der Waals surface area contributed by atoms with Crippen molar-refractivity contribution in [1.82, 2.24) is 15.1 Å². The Kier molecular flexibility index (Phi) is 7.39. The van der Waals surface area contributed by atoms with E-state index in [0.29, 0.717) is 5.96 Å². The van der Waals surface area contributed by atoms with Crippen LogP contribution in [0.4, 0.5) is 26.3 Å². The minimum Gasteiger partial charge on any atom is -0.434 e. The number of piperazine rings is 1. The van der Waals surface area contributed by atoms with Crippen LogP contribution in [0.15, 0.2) is 23.2 Å². The lowest BCUT2D eigenvalue weighted by Gasteiger charge is -2.39. The molecule has 1 heterocycles. The van der Waals surface area contributed by atoms with Crippen molar-refractivity contribution in [3.05, 3.63) is 29.6 Å². The summed E-state index contributed by atoms with van der Waals surface area (Å²) in [6.07, 6.45) is -4.30. The number of hydrogen-bond acceptors (Lipinski definition) is 3. The number of nitrogens with zero attached hydrogens (tertiary/aromatic N) is 3. The number of ether oxygens (including phenoxy) is 1. The molecular formula is C17H22F6N4O. The number of halogens is 6. The van der Waals surface area contributed by atoms with E-state index >= 15 is 0 Å². The second kappa shape index (κ2) is 9.35. The zero-order chi connectivity index (χ0) is 20.9. The fourth-order valence-corrected chi connectivity index (χ4v) is 2.94. The Balaban J connectivity index is 1.98. The monoisotopic (exact) mass is 412 g/mol. The molecule has 1 aromatic rings. The van der Waals surface area contributed by atoms with Crippen molar-refractivity contribution in [2.24, 2.45) is 4.99 Å². The van der Waals surface area contributed by atoms with E-state index in [2.05, 4.69) is 15.0 Å². The molecule has 5 nitrogen and oxygen atoms in total. The van der Waals surface area contributed by atoms with Crippen molar-refractivity contribution >= 4 is 5.96 Å². The first-order valence-corrected chi connectivity index (χ1v) is 8.62. The second-order valence-corrected chi connectivity index (χ2v) is 6.24. The third-order valence-electron chi connectivity index (χ3n) is 4.56. The predicted molar refractivity (Wildman–Crippen MR) is 91.9 cm³/mol. The Morgan fingerprint density at radius 1 is 1.21 bits per heavy atom. The highest BCUT2D eigenvalue weighted by atomic mass is 19.4. The van der Waals surface area contributed by atoms with E-state index in [4.69, 9.17) is 0 Å². The lowest BCUT2D eigenvalue weighted by atomic mass is 10.2. The lowest BCUT2D eigenvalue weighted by molar-refractivity contribution is -0.181. The summed E-state index contributed by atoms with van der Waals surface area (Å²) in [7, 11) is 1.48. The van der Waals surface area contributed by atoms with E-state index in [-0.39, 0.29) is 44.0 Å². The highest BCUT2D eigenvalue weighted by Gasteiger charge is 2.41. The van der Waals surface area contributed by atoms with Crippen LogP contribution in [0.3, 0.4) is 0 Å². The van der Waals surface area contributed by atoms with Crippen LogP contribution in [-0.2, 0) is 6.54 Å². The van der Waals surface area contributed by atoms with Gasteiger partial charge >= 0.3 is 12.8 Å². The topological polar surface area (TPSA) is 40.1 Å². The van der Waals surface area contributed by atoms with E-state index in [1.807, 2.05) is 0 Å². The first-order chi connectivity index (χ1) is 13.1. The fraction of sp³-hybridized carbons (Fsp3) is 0.588. The molecule has 1 aliphatic heterocycles. The molecular weight excluding hydrogens is 390 g/mol. The number of hydrogen-bond donors (Lipinski definition) is 1. The quantitative estimate of drug-likeness (QED) is 0.459. The van der Waals surface area contributed by atoms with Crippen molar-refractivity contribution < 1.29 is 31.1 Å². The van der Waals surface area contributed by atoms with Crippen LogP contribution in [-0.4, -0.2) is 67.8 Å².